The Morgan fingerprint density at radius 3 is 2.41 bits per heavy atom. The molecule has 1 aliphatic heterocycles. The minimum absolute atomic E-state index is 0.274. The van der Waals surface area contributed by atoms with Crippen molar-refractivity contribution >= 4 is 19.2 Å². The third kappa shape index (κ3) is 4.54. The van der Waals surface area contributed by atoms with Crippen molar-refractivity contribution < 1.29 is 23.1 Å². The van der Waals surface area contributed by atoms with Gasteiger partial charge in [-0.25, -0.2) is 0 Å². The summed E-state index contributed by atoms with van der Waals surface area (Å²) < 4.78 is 35.5. The summed E-state index contributed by atoms with van der Waals surface area (Å²) in [7, 11) is -3.46. The Bertz CT molecular complexity index is 491. The minimum Gasteiger partial charge on any atom is -0.353 e. The Morgan fingerprint density at radius 2 is 1.91 bits per heavy atom. The summed E-state index contributed by atoms with van der Waals surface area (Å²) in [6.07, 6.45) is 1.29. The highest BCUT2D eigenvalue weighted by Gasteiger charge is 2.40. The summed E-state index contributed by atoms with van der Waals surface area (Å²) >= 11 is 5.93. The zero-order chi connectivity index (χ0) is 16.0. The Hall–Kier alpha value is -0.420. The van der Waals surface area contributed by atoms with Gasteiger partial charge < -0.3 is 18.5 Å². The van der Waals surface area contributed by atoms with Crippen LogP contribution in [-0.4, -0.2) is 26.1 Å². The SMILES string of the molecule is CCOP(=O)(OCC)C(OC1CCCO1)c1ccc(Cl)cc1. The topological polar surface area (TPSA) is 54.0 Å². The summed E-state index contributed by atoms with van der Waals surface area (Å²) in [5, 5.41) is 0.599. The van der Waals surface area contributed by atoms with Crippen molar-refractivity contribution in [3.63, 3.8) is 0 Å². The molecule has 1 heterocycles. The molecule has 22 heavy (non-hydrogen) atoms. The Morgan fingerprint density at radius 1 is 1.27 bits per heavy atom. The van der Waals surface area contributed by atoms with E-state index in [0.29, 0.717) is 17.2 Å². The number of benzene rings is 1. The van der Waals surface area contributed by atoms with Crippen molar-refractivity contribution in [2.24, 2.45) is 0 Å². The first-order chi connectivity index (χ1) is 10.6. The fraction of sp³-hybridized carbons (Fsp3) is 0.600. The number of ether oxygens (including phenoxy) is 2. The quantitative estimate of drug-likeness (QED) is 0.634. The molecule has 2 atom stereocenters. The van der Waals surface area contributed by atoms with E-state index in [0.717, 1.165) is 12.8 Å². The Balaban J connectivity index is 2.29. The molecule has 0 aliphatic carbocycles. The highest BCUT2D eigenvalue weighted by Crippen LogP contribution is 2.62. The molecule has 124 valence electrons. The second-order valence-electron chi connectivity index (χ2n) is 4.86. The van der Waals surface area contributed by atoms with Gasteiger partial charge in [-0.2, -0.15) is 0 Å². The van der Waals surface area contributed by atoms with E-state index in [1.54, 1.807) is 38.1 Å². The van der Waals surface area contributed by atoms with Crippen molar-refractivity contribution in [1.29, 1.82) is 0 Å². The maximum atomic E-state index is 13.1. The first kappa shape index (κ1) is 17.9. The predicted molar refractivity (Wildman–Crippen MR) is 85.1 cm³/mol. The Kier molecular flexibility index (Phi) is 6.87. The molecule has 0 saturated carbocycles. The van der Waals surface area contributed by atoms with Gasteiger partial charge in [0.25, 0.3) is 0 Å². The maximum absolute atomic E-state index is 13.1. The number of rotatable bonds is 8. The van der Waals surface area contributed by atoms with Crippen molar-refractivity contribution in [2.45, 2.75) is 38.8 Å². The summed E-state index contributed by atoms with van der Waals surface area (Å²) in [4.78, 5) is 0. The molecule has 2 rings (SSSR count). The smallest absolute Gasteiger partial charge is 0.353 e. The van der Waals surface area contributed by atoms with Gasteiger partial charge in [0.2, 0.25) is 0 Å². The van der Waals surface area contributed by atoms with Gasteiger partial charge in [-0.1, -0.05) is 23.7 Å². The molecule has 0 aromatic heterocycles. The van der Waals surface area contributed by atoms with Gasteiger partial charge in [0.15, 0.2) is 12.1 Å². The number of halogens is 1. The lowest BCUT2D eigenvalue weighted by Gasteiger charge is -2.28. The van der Waals surface area contributed by atoms with Crippen molar-refractivity contribution in [3.05, 3.63) is 34.9 Å². The van der Waals surface area contributed by atoms with Crippen LogP contribution in [0.2, 0.25) is 5.02 Å². The van der Waals surface area contributed by atoms with E-state index in [9.17, 15) is 4.57 Å². The molecular formula is C15H22ClO5P. The van der Waals surface area contributed by atoms with E-state index in [1.807, 2.05) is 0 Å². The van der Waals surface area contributed by atoms with Gasteiger partial charge in [0.1, 0.15) is 0 Å². The standard InChI is InChI=1S/C15H22ClO5P/c1-3-19-22(17,20-4-2)15(21-14-6-5-11-18-14)12-7-9-13(16)10-8-12/h7-10,14-15H,3-6,11H2,1-2H3. The molecule has 0 radical (unpaired) electrons. The van der Waals surface area contributed by atoms with Crippen LogP contribution in [0.5, 0.6) is 0 Å². The largest absolute Gasteiger partial charge is 0.363 e. The van der Waals surface area contributed by atoms with Crippen LogP contribution in [0, 0.1) is 0 Å². The lowest BCUT2D eigenvalue weighted by Crippen LogP contribution is -2.18. The molecule has 2 unspecified atom stereocenters. The fourth-order valence-electron chi connectivity index (χ4n) is 2.29. The minimum atomic E-state index is -3.46. The molecule has 0 bridgehead atoms. The second-order valence-corrected chi connectivity index (χ2v) is 7.36. The third-order valence-corrected chi connectivity index (χ3v) is 5.71. The lowest BCUT2D eigenvalue weighted by atomic mass is 10.2. The summed E-state index contributed by atoms with van der Waals surface area (Å²) in [6, 6.07) is 7.00. The molecule has 1 saturated heterocycles. The van der Waals surface area contributed by atoms with Crippen LogP contribution in [-0.2, 0) is 23.1 Å². The predicted octanol–water partition coefficient (Wildman–Crippen LogP) is 4.76. The van der Waals surface area contributed by atoms with Crippen molar-refractivity contribution in [1.82, 2.24) is 0 Å². The van der Waals surface area contributed by atoms with Gasteiger partial charge >= 0.3 is 7.60 Å². The molecular weight excluding hydrogens is 327 g/mol. The molecule has 1 fully saturated rings. The molecule has 0 amide bonds. The van der Waals surface area contributed by atoms with Crippen LogP contribution in [0.3, 0.4) is 0 Å². The van der Waals surface area contributed by atoms with Crippen LogP contribution < -0.4 is 0 Å². The molecule has 1 aliphatic rings. The first-order valence-electron chi connectivity index (χ1n) is 7.50. The molecule has 1 aromatic carbocycles. The zero-order valence-corrected chi connectivity index (χ0v) is 14.5. The van der Waals surface area contributed by atoms with E-state index in [-0.39, 0.29) is 13.2 Å². The highest BCUT2D eigenvalue weighted by atomic mass is 35.5. The normalized spacial score (nSPS) is 20.2. The van der Waals surface area contributed by atoms with Crippen molar-refractivity contribution in [2.75, 3.05) is 19.8 Å². The highest BCUT2D eigenvalue weighted by molar-refractivity contribution is 7.54. The van der Waals surface area contributed by atoms with Crippen LogP contribution in [0.15, 0.2) is 24.3 Å². The Labute approximate surface area is 136 Å². The van der Waals surface area contributed by atoms with E-state index in [1.165, 1.54) is 0 Å². The van der Waals surface area contributed by atoms with Gasteiger partial charge in [0.05, 0.1) is 13.2 Å². The van der Waals surface area contributed by atoms with Crippen molar-refractivity contribution in [3.8, 4) is 0 Å². The molecule has 7 heteroatoms. The third-order valence-electron chi connectivity index (χ3n) is 3.23. The van der Waals surface area contributed by atoms with Crippen LogP contribution in [0.4, 0.5) is 0 Å². The second kappa shape index (κ2) is 8.44. The summed E-state index contributed by atoms with van der Waals surface area (Å²) in [6.45, 7) is 4.74. The van der Waals surface area contributed by atoms with Crippen LogP contribution in [0.25, 0.3) is 0 Å². The van der Waals surface area contributed by atoms with E-state index in [4.69, 9.17) is 30.1 Å². The van der Waals surface area contributed by atoms with Gasteiger partial charge in [-0.3, -0.25) is 4.57 Å². The van der Waals surface area contributed by atoms with E-state index < -0.39 is 19.7 Å². The fourth-order valence-corrected chi connectivity index (χ4v) is 4.31. The van der Waals surface area contributed by atoms with Gasteiger partial charge in [-0.15, -0.1) is 0 Å². The van der Waals surface area contributed by atoms with E-state index in [2.05, 4.69) is 0 Å². The average Bonchev–Trinajstić information content (AvgIpc) is 2.99. The maximum Gasteiger partial charge on any atom is 0.363 e. The van der Waals surface area contributed by atoms with E-state index >= 15 is 0 Å². The molecule has 0 N–H and O–H groups in total. The van der Waals surface area contributed by atoms with Crippen LogP contribution >= 0.6 is 19.2 Å². The molecule has 5 nitrogen and oxygen atoms in total. The lowest BCUT2D eigenvalue weighted by molar-refractivity contribution is -0.130. The number of hydrogen-bond acceptors (Lipinski definition) is 5. The van der Waals surface area contributed by atoms with Gasteiger partial charge in [-0.05, 0) is 38.0 Å². The first-order valence-corrected chi connectivity index (χ1v) is 9.49. The number of hydrogen-bond donors (Lipinski definition) is 0. The molecule has 0 spiro atoms. The summed E-state index contributed by atoms with van der Waals surface area (Å²) in [5.74, 6) is -0.826. The average molecular weight is 349 g/mol. The summed E-state index contributed by atoms with van der Waals surface area (Å²) in [5.41, 5.74) is 0.699. The van der Waals surface area contributed by atoms with Crippen LogP contribution in [0.1, 0.15) is 38.1 Å². The monoisotopic (exact) mass is 348 g/mol. The van der Waals surface area contributed by atoms with Gasteiger partial charge in [0, 0.05) is 18.1 Å². The molecule has 1 aromatic rings. The zero-order valence-electron chi connectivity index (χ0n) is 12.9.